The molecule has 6 nitrogen and oxygen atoms in total. The molecule has 1 heterocycles. The van der Waals surface area contributed by atoms with Gasteiger partial charge in [-0.25, -0.2) is 0 Å². The summed E-state index contributed by atoms with van der Waals surface area (Å²) < 4.78 is 0. The quantitative estimate of drug-likeness (QED) is 0.639. The third kappa shape index (κ3) is 6.51. The number of hydrogen-bond acceptors (Lipinski definition) is 5. The fourth-order valence-corrected chi connectivity index (χ4v) is 5.00. The van der Waals surface area contributed by atoms with Gasteiger partial charge in [-0.05, 0) is 43.1 Å². The zero-order valence-electron chi connectivity index (χ0n) is 20.1. The minimum absolute atomic E-state index is 0.121. The van der Waals surface area contributed by atoms with E-state index in [-0.39, 0.29) is 25.2 Å². The third-order valence-corrected chi connectivity index (χ3v) is 6.57. The Balaban J connectivity index is 0.00000166. The van der Waals surface area contributed by atoms with E-state index in [1.165, 1.54) is 0 Å². The smallest absolute Gasteiger partial charge is 0.240 e. The van der Waals surface area contributed by atoms with Crippen LogP contribution in [-0.4, -0.2) is 52.6 Å². The largest absolute Gasteiger partial charge is 0.396 e. The monoisotopic (exact) mass is 434 g/mol. The maximum Gasteiger partial charge on any atom is 0.240 e. The highest BCUT2D eigenvalue weighted by molar-refractivity contribution is 5.82. The lowest BCUT2D eigenvalue weighted by molar-refractivity contribution is -0.182. The van der Waals surface area contributed by atoms with E-state index in [0.29, 0.717) is 17.9 Å². The number of carbonyl (C=O) groups excluding carboxylic acids is 1. The van der Waals surface area contributed by atoms with Gasteiger partial charge in [-0.1, -0.05) is 64.4 Å². The molecule has 176 valence electrons. The van der Waals surface area contributed by atoms with Crippen LogP contribution in [0.3, 0.4) is 0 Å². The van der Waals surface area contributed by atoms with Crippen molar-refractivity contribution in [1.82, 2.24) is 10.4 Å². The number of hydroxylamine groups is 2. The van der Waals surface area contributed by atoms with Gasteiger partial charge in [0.05, 0.1) is 19.8 Å². The van der Waals surface area contributed by atoms with Crippen LogP contribution in [0.15, 0.2) is 24.3 Å². The van der Waals surface area contributed by atoms with E-state index in [1.54, 1.807) is 5.06 Å². The molecule has 3 N–H and O–H groups in total. The number of aliphatic hydroxyl groups is 2. The van der Waals surface area contributed by atoms with Crippen LogP contribution in [0, 0.1) is 24.2 Å². The van der Waals surface area contributed by atoms with E-state index in [9.17, 15) is 15.0 Å². The molecule has 0 radical (unpaired) electrons. The molecule has 1 aliphatic heterocycles. The van der Waals surface area contributed by atoms with Crippen molar-refractivity contribution in [2.75, 3.05) is 13.2 Å². The standard InChI is InChI=1S/C23H36N2O4.C2H6/c1-15-6-5-7-17(10-15)12-25-21(18(13-26)20(14-27)29-25)22(28)24-19-8-9-23(3,4)11-16(19)2;1-2/h5-7,10,16,18-21,26-27H,8-9,11-14H2,1-4H3,(H,24,28);1-2H3/t16?,18?,19-,20?,21?;/m0./s1. The van der Waals surface area contributed by atoms with E-state index in [4.69, 9.17) is 4.84 Å². The number of rotatable bonds is 6. The van der Waals surface area contributed by atoms with Crippen molar-refractivity contribution in [2.45, 2.75) is 85.5 Å². The summed E-state index contributed by atoms with van der Waals surface area (Å²) in [6.45, 7) is 12.8. The Labute approximate surface area is 187 Å². The van der Waals surface area contributed by atoms with Gasteiger partial charge < -0.3 is 15.5 Å². The molecule has 0 spiro atoms. The Kier molecular flexibility index (Phi) is 9.49. The summed E-state index contributed by atoms with van der Waals surface area (Å²) >= 11 is 0. The molecule has 1 amide bonds. The van der Waals surface area contributed by atoms with Crippen molar-refractivity contribution in [3.63, 3.8) is 0 Å². The van der Waals surface area contributed by atoms with Gasteiger partial charge in [0.2, 0.25) is 5.91 Å². The summed E-state index contributed by atoms with van der Waals surface area (Å²) in [5, 5.41) is 24.5. The van der Waals surface area contributed by atoms with E-state index >= 15 is 0 Å². The summed E-state index contributed by atoms with van der Waals surface area (Å²) in [5.41, 5.74) is 2.48. The maximum absolute atomic E-state index is 13.3. The summed E-state index contributed by atoms with van der Waals surface area (Å²) in [6.07, 6.45) is 2.54. The molecular weight excluding hydrogens is 392 g/mol. The molecule has 1 aromatic rings. The topological polar surface area (TPSA) is 82.0 Å². The van der Waals surface area contributed by atoms with Gasteiger partial charge in [-0.3, -0.25) is 9.63 Å². The van der Waals surface area contributed by atoms with Crippen molar-refractivity contribution >= 4 is 5.91 Å². The Morgan fingerprint density at radius 2 is 1.97 bits per heavy atom. The highest BCUT2D eigenvalue weighted by Gasteiger charge is 2.47. The molecule has 0 bridgehead atoms. The van der Waals surface area contributed by atoms with Crippen LogP contribution in [0.25, 0.3) is 0 Å². The van der Waals surface area contributed by atoms with Crippen LogP contribution < -0.4 is 5.32 Å². The highest BCUT2D eigenvalue weighted by atomic mass is 16.7. The van der Waals surface area contributed by atoms with Crippen LogP contribution in [0.5, 0.6) is 0 Å². The second-order valence-corrected chi connectivity index (χ2v) is 9.68. The molecule has 4 unspecified atom stereocenters. The average molecular weight is 435 g/mol. The first-order valence-corrected chi connectivity index (χ1v) is 11.7. The van der Waals surface area contributed by atoms with E-state index in [2.05, 4.69) is 32.2 Å². The number of aryl methyl sites for hydroxylation is 1. The fourth-order valence-electron chi connectivity index (χ4n) is 5.00. The van der Waals surface area contributed by atoms with Gasteiger partial charge in [0.25, 0.3) is 0 Å². The van der Waals surface area contributed by atoms with E-state index in [1.807, 2.05) is 39.0 Å². The predicted octanol–water partition coefficient (Wildman–Crippen LogP) is 3.44. The molecule has 6 heteroatoms. The van der Waals surface area contributed by atoms with Crippen LogP contribution >= 0.6 is 0 Å². The Morgan fingerprint density at radius 3 is 2.55 bits per heavy atom. The van der Waals surface area contributed by atoms with Crippen molar-refractivity contribution in [3.05, 3.63) is 35.4 Å². The molecule has 1 aromatic carbocycles. The molecule has 2 aliphatic rings. The van der Waals surface area contributed by atoms with Crippen LogP contribution in [0.2, 0.25) is 0 Å². The molecule has 31 heavy (non-hydrogen) atoms. The number of carbonyl (C=O) groups is 1. The van der Waals surface area contributed by atoms with Gasteiger partial charge in [-0.15, -0.1) is 0 Å². The average Bonchev–Trinajstić information content (AvgIpc) is 3.08. The van der Waals surface area contributed by atoms with Gasteiger partial charge in [0.15, 0.2) is 0 Å². The Hall–Kier alpha value is -1.47. The van der Waals surface area contributed by atoms with Crippen LogP contribution in [0.4, 0.5) is 0 Å². The predicted molar refractivity (Wildman–Crippen MR) is 123 cm³/mol. The summed E-state index contributed by atoms with van der Waals surface area (Å²) in [4.78, 5) is 19.2. The lowest BCUT2D eigenvalue weighted by Gasteiger charge is -2.40. The number of nitrogens with zero attached hydrogens (tertiary/aromatic N) is 1. The highest BCUT2D eigenvalue weighted by Crippen LogP contribution is 2.39. The zero-order chi connectivity index (χ0) is 23.2. The summed E-state index contributed by atoms with van der Waals surface area (Å²) in [5.74, 6) is -0.180. The van der Waals surface area contributed by atoms with Gasteiger partial charge in [-0.2, -0.15) is 5.06 Å². The number of aliphatic hydroxyl groups excluding tert-OH is 2. The normalized spacial score (nSPS) is 30.4. The molecule has 2 fully saturated rings. The van der Waals surface area contributed by atoms with E-state index in [0.717, 1.165) is 30.4 Å². The van der Waals surface area contributed by atoms with Crippen LogP contribution in [0.1, 0.15) is 65.0 Å². The minimum Gasteiger partial charge on any atom is -0.396 e. The maximum atomic E-state index is 13.3. The SMILES string of the molecule is CC.Cc1cccc(CN2OC(CO)C(CO)C2C(=O)N[C@H]2CCC(C)(C)CC2C)c1. The zero-order valence-corrected chi connectivity index (χ0v) is 20.1. The number of amides is 1. The van der Waals surface area contributed by atoms with Crippen molar-refractivity contribution < 1.29 is 19.8 Å². The molecule has 3 rings (SSSR count). The molecule has 1 saturated carbocycles. The second-order valence-electron chi connectivity index (χ2n) is 9.68. The van der Waals surface area contributed by atoms with Crippen molar-refractivity contribution in [3.8, 4) is 0 Å². The summed E-state index contributed by atoms with van der Waals surface area (Å²) in [7, 11) is 0. The third-order valence-electron chi connectivity index (χ3n) is 6.57. The molecule has 0 aromatic heterocycles. The van der Waals surface area contributed by atoms with Crippen molar-refractivity contribution in [2.24, 2.45) is 17.3 Å². The number of benzene rings is 1. The van der Waals surface area contributed by atoms with Gasteiger partial charge in [0, 0.05) is 12.0 Å². The van der Waals surface area contributed by atoms with Crippen LogP contribution in [-0.2, 0) is 16.2 Å². The molecular formula is C25H42N2O4. The fraction of sp³-hybridized carbons (Fsp3) is 0.720. The molecule has 1 saturated heterocycles. The lowest BCUT2D eigenvalue weighted by Crippen LogP contribution is -2.53. The van der Waals surface area contributed by atoms with E-state index < -0.39 is 18.1 Å². The first-order valence-electron chi connectivity index (χ1n) is 11.7. The van der Waals surface area contributed by atoms with Gasteiger partial charge in [0.1, 0.15) is 12.1 Å². The minimum atomic E-state index is -0.625. The number of hydrogen-bond donors (Lipinski definition) is 3. The van der Waals surface area contributed by atoms with Crippen molar-refractivity contribution in [1.29, 1.82) is 0 Å². The van der Waals surface area contributed by atoms with Gasteiger partial charge >= 0.3 is 0 Å². The number of nitrogens with one attached hydrogen (secondary N) is 1. The second kappa shape index (κ2) is 11.4. The lowest BCUT2D eigenvalue weighted by atomic mass is 9.70. The molecule has 1 aliphatic carbocycles. The Morgan fingerprint density at radius 1 is 1.26 bits per heavy atom. The first-order chi connectivity index (χ1) is 14.7. The first kappa shape index (κ1) is 25.8. The summed E-state index contributed by atoms with van der Waals surface area (Å²) in [6, 6.07) is 7.57. The molecule has 5 atom stereocenters. The Bertz CT molecular complexity index is 709.